The minimum absolute atomic E-state index is 0.841. The molecule has 0 aliphatic carbocycles. The van der Waals surface area contributed by atoms with Crippen LogP contribution in [-0.2, 0) is 4.79 Å². The third kappa shape index (κ3) is 4.09. The van der Waals surface area contributed by atoms with E-state index in [1.54, 1.807) is 6.08 Å². The summed E-state index contributed by atoms with van der Waals surface area (Å²) in [5, 5.41) is 8.31. The maximum absolute atomic E-state index is 10.1. The van der Waals surface area contributed by atoms with E-state index < -0.39 is 12.0 Å². The van der Waals surface area contributed by atoms with Gasteiger partial charge in [-0.25, -0.2) is 0 Å². The van der Waals surface area contributed by atoms with Crippen LogP contribution in [0.25, 0.3) is 0 Å². The van der Waals surface area contributed by atoms with Crippen LogP contribution >= 0.6 is 0 Å². The van der Waals surface area contributed by atoms with E-state index in [1.807, 2.05) is 6.92 Å². The van der Waals surface area contributed by atoms with Gasteiger partial charge in [-0.3, -0.25) is 4.79 Å². The average Bonchev–Trinajstić information content (AvgIpc) is 1.88. The van der Waals surface area contributed by atoms with E-state index in [0.717, 1.165) is 12.8 Å². The van der Waals surface area contributed by atoms with Gasteiger partial charge in [-0.1, -0.05) is 25.5 Å². The number of unbranched alkanes of at least 4 members (excludes halogenated alkanes) is 1. The molecule has 0 bridgehead atoms. The number of rotatable bonds is 4. The van der Waals surface area contributed by atoms with Gasteiger partial charge < -0.3 is 10.8 Å². The molecule has 0 amide bonds. The molecule has 3 N–H and O–H groups in total. The monoisotopic (exact) mass is 143 g/mol. The van der Waals surface area contributed by atoms with Crippen molar-refractivity contribution in [2.45, 2.75) is 25.8 Å². The van der Waals surface area contributed by atoms with E-state index >= 15 is 0 Å². The predicted octanol–water partition coefficient (Wildman–Crippen LogP) is 0.755. The molecule has 0 heterocycles. The highest BCUT2D eigenvalue weighted by Gasteiger charge is 2.04. The topological polar surface area (TPSA) is 63.3 Å². The summed E-state index contributed by atoms with van der Waals surface area (Å²) < 4.78 is 0. The lowest BCUT2D eigenvalue weighted by atomic mass is 10.2. The zero-order valence-electron chi connectivity index (χ0n) is 6.08. The van der Waals surface area contributed by atoms with Crippen LogP contribution in [0, 0.1) is 0 Å². The van der Waals surface area contributed by atoms with E-state index in [2.05, 4.69) is 0 Å². The molecule has 1 unspecified atom stereocenters. The lowest BCUT2D eigenvalue weighted by Gasteiger charge is -1.96. The van der Waals surface area contributed by atoms with Crippen LogP contribution in [0.4, 0.5) is 0 Å². The summed E-state index contributed by atoms with van der Waals surface area (Å²) in [6.45, 7) is 2.02. The number of nitrogens with two attached hydrogens (primary N) is 1. The van der Waals surface area contributed by atoms with Gasteiger partial charge in [-0.2, -0.15) is 0 Å². The number of hydrogen-bond acceptors (Lipinski definition) is 2. The van der Waals surface area contributed by atoms with Gasteiger partial charge >= 0.3 is 5.97 Å². The molecule has 1 atom stereocenters. The Kier molecular flexibility index (Phi) is 4.58. The van der Waals surface area contributed by atoms with Gasteiger partial charge in [0.1, 0.15) is 6.04 Å². The van der Waals surface area contributed by atoms with Crippen LogP contribution in [0.3, 0.4) is 0 Å². The van der Waals surface area contributed by atoms with E-state index in [1.165, 1.54) is 6.08 Å². The summed E-state index contributed by atoms with van der Waals surface area (Å²) in [7, 11) is 0. The molecule has 0 radical (unpaired) electrons. The Morgan fingerprint density at radius 1 is 1.80 bits per heavy atom. The first-order valence-corrected chi connectivity index (χ1v) is 3.33. The summed E-state index contributed by atoms with van der Waals surface area (Å²) in [5.41, 5.74) is 5.17. The first-order valence-electron chi connectivity index (χ1n) is 3.33. The Labute approximate surface area is 60.5 Å². The van der Waals surface area contributed by atoms with Gasteiger partial charge in [-0.05, 0) is 6.42 Å². The third-order valence-electron chi connectivity index (χ3n) is 1.08. The minimum atomic E-state index is -0.979. The molecule has 58 valence electrons. The molecule has 0 aromatic heterocycles. The van der Waals surface area contributed by atoms with E-state index in [-0.39, 0.29) is 0 Å². The van der Waals surface area contributed by atoms with Crippen molar-refractivity contribution in [3.8, 4) is 0 Å². The SMILES string of the molecule is CCC/C=C/C(N)C(=O)O. The van der Waals surface area contributed by atoms with Crippen molar-refractivity contribution in [2.24, 2.45) is 5.73 Å². The van der Waals surface area contributed by atoms with E-state index in [0.29, 0.717) is 0 Å². The Balaban J connectivity index is 3.55. The number of hydrogen-bond donors (Lipinski definition) is 2. The maximum atomic E-state index is 10.1. The zero-order valence-corrected chi connectivity index (χ0v) is 6.08. The van der Waals surface area contributed by atoms with Crippen molar-refractivity contribution in [1.29, 1.82) is 0 Å². The van der Waals surface area contributed by atoms with Crippen LogP contribution in [0.2, 0.25) is 0 Å². The molecule has 0 saturated heterocycles. The van der Waals surface area contributed by atoms with Crippen molar-refractivity contribution in [3.05, 3.63) is 12.2 Å². The van der Waals surface area contributed by atoms with Gasteiger partial charge in [-0.15, -0.1) is 0 Å². The van der Waals surface area contributed by atoms with Crippen LogP contribution in [0.5, 0.6) is 0 Å². The number of carbonyl (C=O) groups is 1. The quantitative estimate of drug-likeness (QED) is 0.571. The fraction of sp³-hybridized carbons (Fsp3) is 0.571. The predicted molar refractivity (Wildman–Crippen MR) is 39.7 cm³/mol. The lowest BCUT2D eigenvalue weighted by molar-refractivity contribution is -0.137. The Hall–Kier alpha value is -0.830. The van der Waals surface area contributed by atoms with Gasteiger partial charge in [0.05, 0.1) is 0 Å². The second kappa shape index (κ2) is 4.99. The number of aliphatic carboxylic acids is 1. The van der Waals surface area contributed by atoms with Gasteiger partial charge in [0.2, 0.25) is 0 Å². The Morgan fingerprint density at radius 2 is 2.40 bits per heavy atom. The second-order valence-corrected chi connectivity index (χ2v) is 2.08. The molecular weight excluding hydrogens is 130 g/mol. The summed E-state index contributed by atoms with van der Waals surface area (Å²) in [4.78, 5) is 10.1. The molecule has 0 spiro atoms. The Morgan fingerprint density at radius 3 is 2.80 bits per heavy atom. The van der Waals surface area contributed by atoms with Crippen molar-refractivity contribution in [3.63, 3.8) is 0 Å². The van der Waals surface area contributed by atoms with Crippen molar-refractivity contribution >= 4 is 5.97 Å². The molecule has 0 fully saturated rings. The summed E-state index contributed by atoms with van der Waals surface area (Å²) >= 11 is 0. The summed E-state index contributed by atoms with van der Waals surface area (Å²) in [6, 6.07) is -0.841. The van der Waals surface area contributed by atoms with Crippen molar-refractivity contribution < 1.29 is 9.90 Å². The minimum Gasteiger partial charge on any atom is -0.480 e. The van der Waals surface area contributed by atoms with Gasteiger partial charge in [0, 0.05) is 0 Å². The molecule has 0 saturated carbocycles. The van der Waals surface area contributed by atoms with Crippen LogP contribution in [-0.4, -0.2) is 17.1 Å². The van der Waals surface area contributed by atoms with Gasteiger partial charge in [0.15, 0.2) is 0 Å². The molecule has 10 heavy (non-hydrogen) atoms. The average molecular weight is 143 g/mol. The molecule has 0 aliphatic rings. The highest BCUT2D eigenvalue weighted by Crippen LogP contribution is 1.90. The van der Waals surface area contributed by atoms with Crippen LogP contribution in [0.15, 0.2) is 12.2 Å². The Bertz CT molecular complexity index is 132. The molecule has 0 rings (SSSR count). The smallest absolute Gasteiger partial charge is 0.324 e. The normalized spacial score (nSPS) is 13.8. The molecular formula is C7H13NO2. The first kappa shape index (κ1) is 9.17. The standard InChI is InChI=1S/C7H13NO2/c1-2-3-4-5-6(8)7(9)10/h4-6H,2-3,8H2,1H3,(H,9,10)/b5-4+. The zero-order chi connectivity index (χ0) is 7.98. The number of carboxylic acids is 1. The van der Waals surface area contributed by atoms with Crippen LogP contribution < -0.4 is 5.73 Å². The molecule has 0 aliphatic heterocycles. The molecule has 0 aromatic carbocycles. The van der Waals surface area contributed by atoms with Gasteiger partial charge in [0.25, 0.3) is 0 Å². The lowest BCUT2D eigenvalue weighted by Crippen LogP contribution is -2.27. The van der Waals surface area contributed by atoms with Crippen LogP contribution in [0.1, 0.15) is 19.8 Å². The van der Waals surface area contributed by atoms with Crippen molar-refractivity contribution in [1.82, 2.24) is 0 Å². The number of carboxylic acid groups (broad SMARTS) is 1. The molecule has 3 nitrogen and oxygen atoms in total. The highest BCUT2D eigenvalue weighted by atomic mass is 16.4. The molecule has 0 aromatic rings. The number of allylic oxidation sites excluding steroid dienone is 1. The fourth-order valence-electron chi connectivity index (χ4n) is 0.492. The maximum Gasteiger partial charge on any atom is 0.324 e. The fourth-order valence-corrected chi connectivity index (χ4v) is 0.492. The van der Waals surface area contributed by atoms with Crippen molar-refractivity contribution in [2.75, 3.05) is 0 Å². The third-order valence-corrected chi connectivity index (χ3v) is 1.08. The highest BCUT2D eigenvalue weighted by molar-refractivity contribution is 5.75. The van der Waals surface area contributed by atoms with E-state index in [9.17, 15) is 4.79 Å². The summed E-state index contributed by atoms with van der Waals surface area (Å²) in [5.74, 6) is -0.979. The second-order valence-electron chi connectivity index (χ2n) is 2.08. The summed E-state index contributed by atoms with van der Waals surface area (Å²) in [6.07, 6.45) is 5.20. The molecule has 3 heteroatoms. The first-order chi connectivity index (χ1) is 4.68. The largest absolute Gasteiger partial charge is 0.480 e. The van der Waals surface area contributed by atoms with E-state index in [4.69, 9.17) is 10.8 Å².